The highest BCUT2D eigenvalue weighted by Crippen LogP contribution is 2.30. The van der Waals surface area contributed by atoms with Crippen LogP contribution in [0.15, 0.2) is 36.5 Å². The first kappa shape index (κ1) is 22.2. The topological polar surface area (TPSA) is 75.9 Å². The second kappa shape index (κ2) is 9.26. The van der Waals surface area contributed by atoms with Crippen molar-refractivity contribution >= 4 is 29.1 Å². The highest BCUT2D eigenvalue weighted by molar-refractivity contribution is 6.30. The molecule has 4 rings (SSSR count). The van der Waals surface area contributed by atoms with E-state index in [1.54, 1.807) is 35.4 Å². The maximum atomic E-state index is 15.1. The molecule has 32 heavy (non-hydrogen) atoms. The van der Waals surface area contributed by atoms with Gasteiger partial charge in [0, 0.05) is 61.4 Å². The highest BCUT2D eigenvalue weighted by atomic mass is 35.5. The van der Waals surface area contributed by atoms with Gasteiger partial charge in [0.1, 0.15) is 11.5 Å². The lowest BCUT2D eigenvalue weighted by Crippen LogP contribution is -2.46. The smallest absolute Gasteiger partial charge is 0.251 e. The van der Waals surface area contributed by atoms with Crippen LogP contribution in [0.1, 0.15) is 29.4 Å². The number of carbonyl (C=O) groups is 2. The number of nitrogens with zero attached hydrogens (tertiary/aromatic N) is 3. The number of aromatic nitrogens is 2. The van der Waals surface area contributed by atoms with Gasteiger partial charge in [-0.3, -0.25) is 9.59 Å². The van der Waals surface area contributed by atoms with E-state index in [2.05, 4.69) is 10.3 Å². The normalized spacial score (nSPS) is 16.4. The summed E-state index contributed by atoms with van der Waals surface area (Å²) in [5, 5.41) is 3.01. The Morgan fingerprint density at radius 1 is 1.31 bits per heavy atom. The van der Waals surface area contributed by atoms with Gasteiger partial charge in [-0.2, -0.15) is 0 Å². The molecule has 0 saturated carbocycles. The molecule has 0 aliphatic carbocycles. The van der Waals surface area contributed by atoms with Gasteiger partial charge in [0.15, 0.2) is 0 Å². The van der Waals surface area contributed by atoms with Crippen LogP contribution in [-0.2, 0) is 16.0 Å². The van der Waals surface area contributed by atoms with Gasteiger partial charge in [0.05, 0.1) is 24.1 Å². The molecule has 0 unspecified atom stereocenters. The zero-order chi connectivity index (χ0) is 22.8. The molecule has 2 amide bonds. The predicted octanol–water partition coefficient (Wildman–Crippen LogP) is 3.33. The number of nitrogens with one attached hydrogen (secondary N) is 1. The number of amides is 2. The van der Waals surface area contributed by atoms with Crippen molar-refractivity contribution in [3.63, 3.8) is 0 Å². The van der Waals surface area contributed by atoms with Crippen LogP contribution in [0.4, 0.5) is 4.39 Å². The lowest BCUT2D eigenvalue weighted by Gasteiger charge is -2.33. The Hall–Kier alpha value is -2.97. The summed E-state index contributed by atoms with van der Waals surface area (Å²) in [5.41, 5.74) is 2.29. The first-order valence-corrected chi connectivity index (χ1v) is 10.9. The van der Waals surface area contributed by atoms with E-state index in [4.69, 9.17) is 16.3 Å². The first-order chi connectivity index (χ1) is 15.4. The number of benzene rings is 1. The minimum Gasteiger partial charge on any atom is -0.374 e. The Morgan fingerprint density at radius 2 is 2.12 bits per heavy atom. The van der Waals surface area contributed by atoms with Gasteiger partial charge in [-0.05, 0) is 24.3 Å². The van der Waals surface area contributed by atoms with Crippen molar-refractivity contribution in [2.75, 3.05) is 26.7 Å². The molecule has 0 radical (unpaired) electrons. The number of fused-ring (bicyclic) bond motifs is 1. The molecule has 1 fully saturated rings. The van der Waals surface area contributed by atoms with E-state index in [0.717, 1.165) is 5.69 Å². The molecule has 7 nitrogen and oxygen atoms in total. The van der Waals surface area contributed by atoms with Gasteiger partial charge in [0.25, 0.3) is 5.91 Å². The quantitative estimate of drug-likeness (QED) is 0.636. The molecule has 1 saturated heterocycles. The Balaban J connectivity index is 1.74. The van der Waals surface area contributed by atoms with Crippen LogP contribution >= 0.6 is 11.6 Å². The second-order valence-electron chi connectivity index (χ2n) is 7.64. The molecule has 3 aromatic rings. The number of imidazole rings is 1. The summed E-state index contributed by atoms with van der Waals surface area (Å²) in [5.74, 6) is -0.831. The molecule has 168 valence electrons. The third-order valence-corrected chi connectivity index (χ3v) is 5.85. The number of morpholine rings is 1. The molecule has 1 atom stereocenters. The fraction of sp³-hybridized carbons (Fsp3) is 0.348. The maximum absolute atomic E-state index is 15.1. The van der Waals surface area contributed by atoms with Gasteiger partial charge in [-0.15, -0.1) is 0 Å². The number of carbonyl (C=O) groups excluding carboxylic acids is 2. The summed E-state index contributed by atoms with van der Waals surface area (Å²) in [6.45, 7) is 3.31. The van der Waals surface area contributed by atoms with Crippen LogP contribution in [0.5, 0.6) is 0 Å². The van der Waals surface area contributed by atoms with E-state index in [0.29, 0.717) is 48.9 Å². The SMILES string of the molecule is CCC(=O)N1CCO[C@@H](Cc2c(-c3ccc(C(=O)NC)cc3F)nc3cc(Cl)ccn23)C1. The highest BCUT2D eigenvalue weighted by Gasteiger charge is 2.27. The minimum absolute atomic E-state index is 0.0827. The molecule has 1 N–H and O–H groups in total. The summed E-state index contributed by atoms with van der Waals surface area (Å²) < 4.78 is 22.9. The van der Waals surface area contributed by atoms with Gasteiger partial charge >= 0.3 is 0 Å². The van der Waals surface area contributed by atoms with E-state index in [-0.39, 0.29) is 29.0 Å². The first-order valence-electron chi connectivity index (χ1n) is 10.5. The minimum atomic E-state index is -0.547. The fourth-order valence-electron chi connectivity index (χ4n) is 3.98. The maximum Gasteiger partial charge on any atom is 0.251 e. The summed E-state index contributed by atoms with van der Waals surface area (Å²) in [6.07, 6.45) is 2.41. The van der Waals surface area contributed by atoms with Gasteiger partial charge in [0.2, 0.25) is 5.91 Å². The standard InChI is InChI=1S/C23H24ClFN4O3/c1-3-21(30)28-8-9-32-16(13-28)12-19-22(27-20-11-15(24)6-7-29(19)20)17-5-4-14(10-18(17)25)23(31)26-2/h4-7,10-11,16H,3,8-9,12-13H2,1-2H3,(H,26,31)/t16-/m0/s1. The van der Waals surface area contributed by atoms with Crippen molar-refractivity contribution in [3.05, 3.63) is 58.6 Å². The largest absolute Gasteiger partial charge is 0.374 e. The molecule has 1 aliphatic heterocycles. The lowest BCUT2D eigenvalue weighted by molar-refractivity contribution is -0.138. The molecule has 0 spiro atoms. The van der Waals surface area contributed by atoms with Crippen LogP contribution in [0.2, 0.25) is 5.02 Å². The van der Waals surface area contributed by atoms with Crippen molar-refractivity contribution in [3.8, 4) is 11.3 Å². The average molecular weight is 459 g/mol. The van der Waals surface area contributed by atoms with Crippen molar-refractivity contribution in [2.24, 2.45) is 0 Å². The molecule has 3 heterocycles. The van der Waals surface area contributed by atoms with Crippen molar-refractivity contribution < 1.29 is 18.7 Å². The van der Waals surface area contributed by atoms with Crippen LogP contribution in [0.3, 0.4) is 0 Å². The molecular weight excluding hydrogens is 435 g/mol. The Bertz CT molecular complexity index is 1180. The van der Waals surface area contributed by atoms with E-state index in [1.165, 1.54) is 13.1 Å². The van der Waals surface area contributed by atoms with Gasteiger partial charge < -0.3 is 19.4 Å². The molecule has 1 aromatic carbocycles. The van der Waals surface area contributed by atoms with Gasteiger partial charge in [-0.25, -0.2) is 9.37 Å². The monoisotopic (exact) mass is 458 g/mol. The zero-order valence-corrected chi connectivity index (χ0v) is 18.7. The summed E-state index contributed by atoms with van der Waals surface area (Å²) in [7, 11) is 1.49. The van der Waals surface area contributed by atoms with E-state index < -0.39 is 5.82 Å². The van der Waals surface area contributed by atoms with Gasteiger partial charge in [-0.1, -0.05) is 18.5 Å². The van der Waals surface area contributed by atoms with Crippen molar-refractivity contribution in [2.45, 2.75) is 25.9 Å². The average Bonchev–Trinajstić information content (AvgIpc) is 3.14. The molecule has 1 aliphatic rings. The molecular formula is C23H24ClFN4O3. The number of rotatable bonds is 5. The number of ether oxygens (including phenoxy) is 1. The lowest BCUT2D eigenvalue weighted by atomic mass is 10.0. The zero-order valence-electron chi connectivity index (χ0n) is 17.9. The van der Waals surface area contributed by atoms with E-state index >= 15 is 4.39 Å². The Labute approximate surface area is 190 Å². The molecule has 2 aromatic heterocycles. The molecule has 0 bridgehead atoms. The summed E-state index contributed by atoms with van der Waals surface area (Å²) in [4.78, 5) is 30.5. The molecule has 9 heteroatoms. The van der Waals surface area contributed by atoms with Crippen LogP contribution < -0.4 is 5.32 Å². The number of hydrogen-bond donors (Lipinski definition) is 1. The van der Waals surface area contributed by atoms with Crippen LogP contribution in [-0.4, -0.2) is 58.9 Å². The third kappa shape index (κ3) is 4.33. The number of pyridine rings is 1. The second-order valence-corrected chi connectivity index (χ2v) is 8.08. The van der Waals surface area contributed by atoms with Crippen LogP contribution in [0, 0.1) is 5.82 Å². The summed E-state index contributed by atoms with van der Waals surface area (Å²) >= 11 is 6.15. The predicted molar refractivity (Wildman–Crippen MR) is 119 cm³/mol. The number of hydrogen-bond acceptors (Lipinski definition) is 4. The summed E-state index contributed by atoms with van der Waals surface area (Å²) in [6, 6.07) is 7.77. The number of halogens is 2. The van der Waals surface area contributed by atoms with Crippen molar-refractivity contribution in [1.82, 2.24) is 19.6 Å². The van der Waals surface area contributed by atoms with Crippen molar-refractivity contribution in [1.29, 1.82) is 0 Å². The fourth-order valence-corrected chi connectivity index (χ4v) is 4.14. The van der Waals surface area contributed by atoms with E-state index in [1.807, 2.05) is 11.3 Å². The Morgan fingerprint density at radius 3 is 2.84 bits per heavy atom. The van der Waals surface area contributed by atoms with E-state index in [9.17, 15) is 9.59 Å². The van der Waals surface area contributed by atoms with Crippen LogP contribution in [0.25, 0.3) is 16.9 Å². The Kier molecular flexibility index (Phi) is 6.43. The third-order valence-electron chi connectivity index (χ3n) is 5.62.